The standard InChI is InChI=1S/C13H18N2OS/c1-9-11(7-8-16-9)15(2)12-6-4-3-5-10(12)13(14)17/h3-6,9,11H,7-8H2,1-2H3,(H2,14,17). The Balaban J connectivity index is 2.30. The Morgan fingerprint density at radius 2 is 2.18 bits per heavy atom. The predicted molar refractivity (Wildman–Crippen MR) is 74.6 cm³/mol. The van der Waals surface area contributed by atoms with Crippen LogP contribution in [-0.2, 0) is 4.74 Å². The molecule has 1 aliphatic rings. The number of nitrogens with zero attached hydrogens (tertiary/aromatic N) is 1. The smallest absolute Gasteiger partial charge is 0.106 e. The number of nitrogens with two attached hydrogens (primary N) is 1. The minimum absolute atomic E-state index is 0.249. The van der Waals surface area contributed by atoms with Crippen molar-refractivity contribution in [1.82, 2.24) is 0 Å². The van der Waals surface area contributed by atoms with Gasteiger partial charge in [0.15, 0.2) is 0 Å². The number of rotatable bonds is 3. The molecule has 1 aromatic carbocycles. The fourth-order valence-corrected chi connectivity index (χ4v) is 2.57. The third-order valence-electron chi connectivity index (χ3n) is 3.38. The summed E-state index contributed by atoms with van der Waals surface area (Å²) in [6.07, 6.45) is 1.29. The molecule has 0 spiro atoms. The maximum absolute atomic E-state index is 5.76. The number of anilines is 1. The molecule has 1 heterocycles. The summed E-state index contributed by atoms with van der Waals surface area (Å²) in [5, 5.41) is 0. The largest absolute Gasteiger partial charge is 0.389 e. The Hall–Kier alpha value is -1.13. The third-order valence-corrected chi connectivity index (χ3v) is 3.60. The van der Waals surface area contributed by atoms with Crippen molar-refractivity contribution in [2.45, 2.75) is 25.5 Å². The molecule has 1 aliphatic heterocycles. The Kier molecular flexibility index (Phi) is 3.64. The second-order valence-electron chi connectivity index (χ2n) is 4.42. The summed E-state index contributed by atoms with van der Waals surface area (Å²) >= 11 is 5.09. The monoisotopic (exact) mass is 250 g/mol. The van der Waals surface area contributed by atoms with Gasteiger partial charge in [-0.25, -0.2) is 0 Å². The van der Waals surface area contributed by atoms with Gasteiger partial charge in [0.05, 0.1) is 12.1 Å². The number of benzene rings is 1. The van der Waals surface area contributed by atoms with E-state index in [0.29, 0.717) is 11.0 Å². The zero-order valence-electron chi connectivity index (χ0n) is 10.2. The molecule has 92 valence electrons. The van der Waals surface area contributed by atoms with Crippen LogP contribution in [-0.4, -0.2) is 30.8 Å². The van der Waals surface area contributed by atoms with Gasteiger partial charge in [0.25, 0.3) is 0 Å². The van der Waals surface area contributed by atoms with Gasteiger partial charge in [-0.05, 0) is 25.5 Å². The van der Waals surface area contributed by atoms with Crippen molar-refractivity contribution in [3.05, 3.63) is 29.8 Å². The second kappa shape index (κ2) is 5.02. The second-order valence-corrected chi connectivity index (χ2v) is 4.86. The highest BCUT2D eigenvalue weighted by Crippen LogP contribution is 2.27. The van der Waals surface area contributed by atoms with Crippen molar-refractivity contribution >= 4 is 22.9 Å². The van der Waals surface area contributed by atoms with Gasteiger partial charge in [-0.1, -0.05) is 24.4 Å². The Morgan fingerprint density at radius 3 is 2.76 bits per heavy atom. The van der Waals surface area contributed by atoms with Crippen LogP contribution in [0, 0.1) is 0 Å². The molecular formula is C13H18N2OS. The van der Waals surface area contributed by atoms with E-state index in [9.17, 15) is 0 Å². The number of hydrogen-bond acceptors (Lipinski definition) is 3. The van der Waals surface area contributed by atoms with E-state index in [1.807, 2.05) is 18.2 Å². The van der Waals surface area contributed by atoms with Gasteiger partial charge in [-0.2, -0.15) is 0 Å². The number of thiocarbonyl (C=S) groups is 1. The average Bonchev–Trinajstić information content (AvgIpc) is 2.74. The molecule has 0 aliphatic carbocycles. The highest BCUT2D eigenvalue weighted by molar-refractivity contribution is 7.80. The van der Waals surface area contributed by atoms with E-state index in [1.54, 1.807) is 0 Å². The third kappa shape index (κ3) is 2.42. The first-order valence-corrected chi connectivity index (χ1v) is 6.25. The number of para-hydroxylation sites is 1. The molecule has 3 nitrogen and oxygen atoms in total. The lowest BCUT2D eigenvalue weighted by Crippen LogP contribution is -2.37. The molecule has 0 radical (unpaired) electrons. The van der Waals surface area contributed by atoms with Crippen molar-refractivity contribution < 1.29 is 4.74 Å². The van der Waals surface area contributed by atoms with Gasteiger partial charge in [0, 0.05) is 24.9 Å². The topological polar surface area (TPSA) is 38.5 Å². The summed E-state index contributed by atoms with van der Waals surface area (Å²) in [5.74, 6) is 0. The first-order chi connectivity index (χ1) is 8.11. The van der Waals surface area contributed by atoms with Crippen LogP contribution in [0.25, 0.3) is 0 Å². The fraction of sp³-hybridized carbons (Fsp3) is 0.462. The summed E-state index contributed by atoms with van der Waals surface area (Å²) in [6, 6.07) is 8.38. The molecule has 0 saturated carbocycles. The van der Waals surface area contributed by atoms with Gasteiger partial charge in [0.2, 0.25) is 0 Å². The minimum atomic E-state index is 0.249. The van der Waals surface area contributed by atoms with Crippen molar-refractivity contribution in [3.63, 3.8) is 0 Å². The quantitative estimate of drug-likeness (QED) is 0.832. The summed E-state index contributed by atoms with van der Waals surface area (Å²) in [5.41, 5.74) is 7.78. The van der Waals surface area contributed by atoms with E-state index < -0.39 is 0 Å². The van der Waals surface area contributed by atoms with Crippen molar-refractivity contribution in [2.24, 2.45) is 5.73 Å². The lowest BCUT2D eigenvalue weighted by Gasteiger charge is -2.30. The van der Waals surface area contributed by atoms with Gasteiger partial charge in [0.1, 0.15) is 4.99 Å². The average molecular weight is 250 g/mol. The normalized spacial score (nSPS) is 23.6. The summed E-state index contributed by atoms with van der Waals surface area (Å²) in [7, 11) is 2.08. The Labute approximate surface area is 108 Å². The van der Waals surface area contributed by atoms with Crippen LogP contribution >= 0.6 is 12.2 Å². The van der Waals surface area contributed by atoms with Crippen LogP contribution in [0.4, 0.5) is 5.69 Å². The van der Waals surface area contributed by atoms with E-state index in [1.165, 1.54) is 0 Å². The molecule has 0 amide bonds. The molecule has 2 N–H and O–H groups in total. The maximum Gasteiger partial charge on any atom is 0.106 e. The molecule has 2 rings (SSSR count). The lowest BCUT2D eigenvalue weighted by atomic mass is 10.1. The molecule has 1 aromatic rings. The number of hydrogen-bond donors (Lipinski definition) is 1. The van der Waals surface area contributed by atoms with E-state index >= 15 is 0 Å². The number of likely N-dealkylation sites (N-methyl/N-ethyl adjacent to an activating group) is 1. The highest BCUT2D eigenvalue weighted by Gasteiger charge is 2.29. The maximum atomic E-state index is 5.76. The van der Waals surface area contributed by atoms with Crippen LogP contribution in [0.5, 0.6) is 0 Å². The summed E-state index contributed by atoms with van der Waals surface area (Å²) in [6.45, 7) is 2.93. The van der Waals surface area contributed by atoms with Crippen molar-refractivity contribution in [2.75, 3.05) is 18.6 Å². The van der Waals surface area contributed by atoms with E-state index in [-0.39, 0.29) is 6.10 Å². The van der Waals surface area contributed by atoms with Crippen LogP contribution < -0.4 is 10.6 Å². The highest BCUT2D eigenvalue weighted by atomic mass is 32.1. The molecule has 0 bridgehead atoms. The van der Waals surface area contributed by atoms with Crippen LogP contribution in [0.3, 0.4) is 0 Å². The van der Waals surface area contributed by atoms with E-state index in [2.05, 4.69) is 24.9 Å². The molecular weight excluding hydrogens is 232 g/mol. The first-order valence-electron chi connectivity index (χ1n) is 5.84. The zero-order valence-corrected chi connectivity index (χ0v) is 11.0. The molecule has 1 saturated heterocycles. The van der Waals surface area contributed by atoms with Crippen LogP contribution in [0.2, 0.25) is 0 Å². The van der Waals surface area contributed by atoms with Crippen LogP contribution in [0.15, 0.2) is 24.3 Å². The fourth-order valence-electron chi connectivity index (χ4n) is 2.40. The van der Waals surface area contributed by atoms with Crippen LogP contribution in [0.1, 0.15) is 18.9 Å². The minimum Gasteiger partial charge on any atom is -0.389 e. The number of ether oxygens (including phenoxy) is 1. The summed E-state index contributed by atoms with van der Waals surface area (Å²) in [4.78, 5) is 2.67. The van der Waals surface area contributed by atoms with Crippen molar-refractivity contribution in [3.8, 4) is 0 Å². The Bertz CT molecular complexity index is 422. The lowest BCUT2D eigenvalue weighted by molar-refractivity contribution is 0.118. The molecule has 1 fully saturated rings. The van der Waals surface area contributed by atoms with Gasteiger partial charge in [-0.3, -0.25) is 0 Å². The SMILES string of the molecule is CC1OCCC1N(C)c1ccccc1C(N)=S. The predicted octanol–water partition coefficient (Wildman–Crippen LogP) is 1.93. The van der Waals surface area contributed by atoms with E-state index in [0.717, 1.165) is 24.3 Å². The molecule has 17 heavy (non-hydrogen) atoms. The van der Waals surface area contributed by atoms with Gasteiger partial charge in [-0.15, -0.1) is 0 Å². The zero-order chi connectivity index (χ0) is 12.4. The molecule has 4 heteroatoms. The van der Waals surface area contributed by atoms with Gasteiger partial charge < -0.3 is 15.4 Å². The summed E-state index contributed by atoms with van der Waals surface area (Å²) < 4.78 is 5.60. The van der Waals surface area contributed by atoms with Gasteiger partial charge >= 0.3 is 0 Å². The Morgan fingerprint density at radius 1 is 1.47 bits per heavy atom. The molecule has 2 unspecified atom stereocenters. The molecule has 2 atom stereocenters. The first kappa shape index (κ1) is 12.3. The molecule has 0 aromatic heterocycles. The van der Waals surface area contributed by atoms with E-state index in [4.69, 9.17) is 22.7 Å². The van der Waals surface area contributed by atoms with Crippen molar-refractivity contribution in [1.29, 1.82) is 0 Å².